The molecule has 2 rings (SSSR count). The molecule has 5 nitrogen and oxygen atoms in total. The van der Waals surface area contributed by atoms with Crippen molar-refractivity contribution in [3.05, 3.63) is 30.6 Å². The van der Waals surface area contributed by atoms with Gasteiger partial charge in [-0.3, -0.25) is 9.48 Å². The average molecular weight is 220 g/mol. The minimum absolute atomic E-state index is 0.0462. The van der Waals surface area contributed by atoms with Crippen molar-refractivity contribution in [2.75, 3.05) is 13.1 Å². The third kappa shape index (κ3) is 2.30. The molecule has 1 aliphatic rings. The van der Waals surface area contributed by atoms with Crippen LogP contribution in [0.25, 0.3) is 0 Å². The molecule has 16 heavy (non-hydrogen) atoms. The van der Waals surface area contributed by atoms with Crippen LogP contribution in [-0.4, -0.2) is 28.8 Å². The van der Waals surface area contributed by atoms with Gasteiger partial charge in [0.15, 0.2) is 0 Å². The number of nitrogens with zero attached hydrogens (tertiary/aromatic N) is 2. The van der Waals surface area contributed by atoms with E-state index in [-0.39, 0.29) is 11.9 Å². The summed E-state index contributed by atoms with van der Waals surface area (Å²) >= 11 is 0. The molecule has 2 N–H and O–H groups in total. The molecule has 1 amide bonds. The first-order chi connectivity index (χ1) is 7.81. The van der Waals surface area contributed by atoms with Crippen molar-refractivity contribution in [3.63, 3.8) is 0 Å². The van der Waals surface area contributed by atoms with E-state index in [4.69, 9.17) is 0 Å². The maximum absolute atomic E-state index is 11.5. The summed E-state index contributed by atoms with van der Waals surface area (Å²) in [4.78, 5) is 11.5. The average Bonchev–Trinajstić information content (AvgIpc) is 2.61. The van der Waals surface area contributed by atoms with Crippen LogP contribution in [-0.2, 0) is 11.3 Å². The summed E-state index contributed by atoms with van der Waals surface area (Å²) in [5.74, 6) is 0.0846. The highest BCUT2D eigenvalue weighted by molar-refractivity contribution is 5.77. The van der Waals surface area contributed by atoms with E-state index in [2.05, 4.69) is 22.3 Å². The zero-order valence-electron chi connectivity index (χ0n) is 9.15. The van der Waals surface area contributed by atoms with E-state index in [0.717, 1.165) is 12.2 Å². The highest BCUT2D eigenvalue weighted by atomic mass is 16.1. The minimum atomic E-state index is 0.0462. The second-order valence-electron chi connectivity index (χ2n) is 3.79. The molecule has 5 heteroatoms. The number of nitrogens with one attached hydrogen (secondary N) is 2. The molecule has 1 unspecified atom stereocenters. The molecule has 0 aromatic carbocycles. The van der Waals surface area contributed by atoms with Crippen LogP contribution in [0.1, 0.15) is 18.2 Å². The maximum Gasteiger partial charge on any atom is 0.222 e. The molecule has 1 aromatic heterocycles. The van der Waals surface area contributed by atoms with Crippen molar-refractivity contribution in [3.8, 4) is 0 Å². The summed E-state index contributed by atoms with van der Waals surface area (Å²) in [6.45, 7) is 5.84. The Morgan fingerprint density at radius 3 is 3.31 bits per heavy atom. The number of allylic oxidation sites excluding steroid dienone is 1. The summed E-state index contributed by atoms with van der Waals surface area (Å²) < 4.78 is 1.86. The normalized spacial score (nSPS) is 21.2. The van der Waals surface area contributed by atoms with E-state index in [1.165, 1.54) is 0 Å². The molecule has 86 valence electrons. The van der Waals surface area contributed by atoms with Gasteiger partial charge in [0, 0.05) is 25.7 Å². The van der Waals surface area contributed by atoms with Crippen molar-refractivity contribution in [1.29, 1.82) is 0 Å². The molecular weight excluding hydrogens is 204 g/mol. The molecule has 1 atom stereocenters. The zero-order valence-corrected chi connectivity index (χ0v) is 9.15. The molecule has 0 spiro atoms. The first-order valence-electron chi connectivity index (χ1n) is 5.44. The van der Waals surface area contributed by atoms with Gasteiger partial charge in [-0.1, -0.05) is 6.08 Å². The fourth-order valence-corrected chi connectivity index (χ4v) is 1.90. The SMILES string of the molecule is C=CCn1nccc1C1CC(=O)NCCN1. The van der Waals surface area contributed by atoms with E-state index in [1.807, 2.05) is 10.7 Å². The Morgan fingerprint density at radius 2 is 2.50 bits per heavy atom. The Labute approximate surface area is 94.5 Å². The number of carbonyl (C=O) groups excluding carboxylic acids is 1. The van der Waals surface area contributed by atoms with Gasteiger partial charge in [0.05, 0.1) is 18.3 Å². The monoisotopic (exact) mass is 220 g/mol. The van der Waals surface area contributed by atoms with Gasteiger partial charge in [-0.25, -0.2) is 0 Å². The third-order valence-electron chi connectivity index (χ3n) is 2.64. The Kier molecular flexibility index (Phi) is 3.36. The van der Waals surface area contributed by atoms with E-state index in [0.29, 0.717) is 19.5 Å². The molecule has 0 radical (unpaired) electrons. The molecule has 2 heterocycles. The van der Waals surface area contributed by atoms with E-state index in [9.17, 15) is 4.79 Å². The van der Waals surface area contributed by atoms with Gasteiger partial charge >= 0.3 is 0 Å². The Balaban J connectivity index is 2.17. The summed E-state index contributed by atoms with van der Waals surface area (Å²) in [7, 11) is 0. The van der Waals surface area contributed by atoms with Crippen LogP contribution in [0.5, 0.6) is 0 Å². The van der Waals surface area contributed by atoms with Crippen LogP contribution in [0.3, 0.4) is 0 Å². The standard InChI is InChI=1S/C11H16N4O/c1-2-7-15-10(3-4-14-15)9-8-11(16)13-6-5-12-9/h2-4,9,12H,1,5-8H2,(H,13,16). The van der Waals surface area contributed by atoms with E-state index in [1.54, 1.807) is 12.3 Å². The van der Waals surface area contributed by atoms with Crippen LogP contribution < -0.4 is 10.6 Å². The fraction of sp³-hybridized carbons (Fsp3) is 0.455. The van der Waals surface area contributed by atoms with Gasteiger partial charge in [0.2, 0.25) is 5.91 Å². The third-order valence-corrected chi connectivity index (χ3v) is 2.64. The predicted octanol–water partition coefficient (Wildman–Crippen LogP) is 0.220. The summed E-state index contributed by atoms with van der Waals surface area (Å²) in [6, 6.07) is 1.99. The minimum Gasteiger partial charge on any atom is -0.355 e. The van der Waals surface area contributed by atoms with Crippen molar-refractivity contribution >= 4 is 5.91 Å². The molecule has 1 saturated heterocycles. The molecule has 1 aliphatic heterocycles. The maximum atomic E-state index is 11.5. The number of hydrogen-bond donors (Lipinski definition) is 2. The summed E-state index contributed by atoms with van der Waals surface area (Å²) in [6.07, 6.45) is 4.01. The first-order valence-corrected chi connectivity index (χ1v) is 5.44. The van der Waals surface area contributed by atoms with Gasteiger partial charge in [-0.2, -0.15) is 5.10 Å². The van der Waals surface area contributed by atoms with Crippen LogP contribution in [0, 0.1) is 0 Å². The summed E-state index contributed by atoms with van der Waals surface area (Å²) in [5.41, 5.74) is 1.04. The Morgan fingerprint density at radius 1 is 1.62 bits per heavy atom. The number of hydrogen-bond acceptors (Lipinski definition) is 3. The lowest BCUT2D eigenvalue weighted by Crippen LogP contribution is -2.25. The number of aromatic nitrogens is 2. The second kappa shape index (κ2) is 4.94. The van der Waals surface area contributed by atoms with E-state index < -0.39 is 0 Å². The lowest BCUT2D eigenvalue weighted by molar-refractivity contribution is -0.121. The Hall–Kier alpha value is -1.62. The lowest BCUT2D eigenvalue weighted by Gasteiger charge is -2.15. The smallest absolute Gasteiger partial charge is 0.222 e. The second-order valence-corrected chi connectivity index (χ2v) is 3.79. The molecule has 0 saturated carbocycles. The van der Waals surface area contributed by atoms with E-state index >= 15 is 0 Å². The number of rotatable bonds is 3. The quantitative estimate of drug-likeness (QED) is 0.716. The van der Waals surface area contributed by atoms with Gasteiger partial charge in [-0.05, 0) is 6.07 Å². The molecule has 1 aromatic rings. The number of carbonyl (C=O) groups is 1. The van der Waals surface area contributed by atoms with Gasteiger partial charge < -0.3 is 10.6 Å². The highest BCUT2D eigenvalue weighted by Gasteiger charge is 2.21. The Bertz CT molecular complexity index is 385. The van der Waals surface area contributed by atoms with Crippen molar-refractivity contribution in [2.45, 2.75) is 19.0 Å². The van der Waals surface area contributed by atoms with Crippen LogP contribution in [0.15, 0.2) is 24.9 Å². The molecule has 1 fully saturated rings. The molecular formula is C11H16N4O. The topological polar surface area (TPSA) is 59.0 Å². The fourth-order valence-electron chi connectivity index (χ4n) is 1.90. The lowest BCUT2D eigenvalue weighted by atomic mass is 10.1. The number of amides is 1. The molecule has 0 bridgehead atoms. The van der Waals surface area contributed by atoms with Crippen LogP contribution in [0.2, 0.25) is 0 Å². The van der Waals surface area contributed by atoms with Gasteiger partial charge in [0.25, 0.3) is 0 Å². The predicted molar refractivity (Wildman–Crippen MR) is 60.8 cm³/mol. The highest BCUT2D eigenvalue weighted by Crippen LogP contribution is 2.17. The van der Waals surface area contributed by atoms with Gasteiger partial charge in [-0.15, -0.1) is 6.58 Å². The van der Waals surface area contributed by atoms with Crippen molar-refractivity contribution < 1.29 is 4.79 Å². The van der Waals surface area contributed by atoms with Crippen LogP contribution >= 0.6 is 0 Å². The summed E-state index contributed by atoms with van der Waals surface area (Å²) in [5, 5.41) is 10.4. The molecule has 0 aliphatic carbocycles. The van der Waals surface area contributed by atoms with Gasteiger partial charge in [0.1, 0.15) is 0 Å². The van der Waals surface area contributed by atoms with Crippen molar-refractivity contribution in [1.82, 2.24) is 20.4 Å². The largest absolute Gasteiger partial charge is 0.355 e. The van der Waals surface area contributed by atoms with Crippen molar-refractivity contribution in [2.24, 2.45) is 0 Å². The van der Waals surface area contributed by atoms with Crippen LogP contribution in [0.4, 0.5) is 0 Å². The zero-order chi connectivity index (χ0) is 11.4. The first kappa shape index (κ1) is 10.9.